The van der Waals surface area contributed by atoms with Crippen LogP contribution in [0.25, 0.3) is 77.7 Å². The van der Waals surface area contributed by atoms with Crippen molar-refractivity contribution in [2.24, 2.45) is 0 Å². The highest BCUT2D eigenvalue weighted by Crippen LogP contribution is 2.42. The smallest absolute Gasteiger partial charge is 0.412 e. The number of benzene rings is 8. The van der Waals surface area contributed by atoms with Crippen LogP contribution in [0.5, 0.6) is 40.6 Å². The van der Waals surface area contributed by atoms with E-state index in [1.54, 1.807) is 151 Å². The summed E-state index contributed by atoms with van der Waals surface area (Å²) in [6, 6.07) is 53.5. The van der Waals surface area contributed by atoms with Gasteiger partial charge in [0, 0.05) is 101 Å². The lowest BCUT2D eigenvalue weighted by Gasteiger charge is -2.19. The van der Waals surface area contributed by atoms with Gasteiger partial charge < -0.3 is 54.3 Å². The summed E-state index contributed by atoms with van der Waals surface area (Å²) in [5.74, 6) is 0.566. The number of rotatable bonds is 25. The molecular formula is C91H78Br2F4N14O12S3. The van der Waals surface area contributed by atoms with Crippen LogP contribution in [0.4, 0.5) is 33.7 Å². The van der Waals surface area contributed by atoms with Crippen LogP contribution in [0.3, 0.4) is 0 Å². The number of nitrogens with zero attached hydrogens (tertiary/aromatic N) is 10. The maximum Gasteiger partial charge on any atom is 0.412 e. The van der Waals surface area contributed by atoms with Gasteiger partial charge in [0.05, 0.1) is 49.2 Å². The second kappa shape index (κ2) is 42.6. The molecule has 0 saturated heterocycles. The van der Waals surface area contributed by atoms with Crippen LogP contribution >= 0.6 is 65.9 Å². The van der Waals surface area contributed by atoms with E-state index < -0.39 is 28.9 Å². The zero-order valence-corrected chi connectivity index (χ0v) is 74.3. The molecule has 0 saturated carbocycles. The predicted octanol–water partition coefficient (Wildman–Crippen LogP) is 19.3. The number of aromatic hydroxyl groups is 1. The highest BCUT2D eigenvalue weighted by Gasteiger charge is 2.27. The molecule has 0 fully saturated rings. The molecule has 0 radical (unpaired) electrons. The maximum absolute atomic E-state index is 13.2. The van der Waals surface area contributed by atoms with Crippen LogP contribution in [-0.4, -0.2) is 133 Å². The van der Waals surface area contributed by atoms with E-state index in [4.69, 9.17) is 48.9 Å². The molecule has 126 heavy (non-hydrogen) atoms. The summed E-state index contributed by atoms with van der Waals surface area (Å²) in [5.41, 5.74) is 13.2. The van der Waals surface area contributed by atoms with Gasteiger partial charge in [0.15, 0.2) is 29.0 Å². The number of aromatic amines is 1. The average Bonchev–Trinajstić information content (AvgIpc) is 1.47. The first-order chi connectivity index (χ1) is 60.6. The maximum atomic E-state index is 13.2. The van der Waals surface area contributed by atoms with Gasteiger partial charge in [-0.1, -0.05) is 105 Å². The lowest BCUT2D eigenvalue weighted by molar-refractivity contribution is -0.117. The van der Waals surface area contributed by atoms with Crippen LogP contribution < -0.4 is 50.3 Å². The molecule has 0 aliphatic rings. The molecule has 0 unspecified atom stereocenters. The van der Waals surface area contributed by atoms with Crippen molar-refractivity contribution in [1.29, 1.82) is 0 Å². The van der Waals surface area contributed by atoms with E-state index in [1.165, 1.54) is 123 Å². The van der Waals surface area contributed by atoms with Crippen LogP contribution in [0.1, 0.15) is 68.1 Å². The molecule has 8 aromatic carbocycles. The second-order valence-corrected chi connectivity index (χ2v) is 33.3. The molecule has 15 aromatic rings. The minimum absolute atomic E-state index is 0.0538. The first-order valence-corrected chi connectivity index (χ1v) is 42.1. The minimum Gasteiger partial charge on any atom is -0.501 e. The SMILES string of the molecule is COc1nc(-c2ccc(Br)cc2)nc(-c2ncc(Cc3ccc(F)cc3)s2)c1OC.COc1nc(-c2ccc(Br)cc2)nc(C(=O)NCC(=O)Cc2ccc(F)cc2)c1OC.COc1nc(-c2ccc(NC(=O)OC(C)(C)C)cc2)nc(-c2ncc(Cc3ccc(F)cc3)s2)c1OC.Nc1ccc(-c2nc(-c3ncc(Cc4ccc(F)cc4)s3)c(O)c(=O)[nH]2)cc1. The zero-order valence-electron chi connectivity index (χ0n) is 68.7. The fourth-order valence-corrected chi connectivity index (χ4v) is 15.2. The number of Topliss-reactive ketones (excluding diaryl/α,β-unsaturated/α-hetero) is 1. The van der Waals surface area contributed by atoms with Gasteiger partial charge in [0.2, 0.25) is 23.0 Å². The van der Waals surface area contributed by atoms with Gasteiger partial charge in [-0.3, -0.25) is 19.7 Å². The van der Waals surface area contributed by atoms with E-state index in [9.17, 15) is 41.8 Å². The number of ketones is 1. The lowest BCUT2D eigenvalue weighted by atomic mass is 10.1. The number of ether oxygens (including phenoxy) is 7. The van der Waals surface area contributed by atoms with Crippen molar-refractivity contribution in [3.8, 4) is 118 Å². The summed E-state index contributed by atoms with van der Waals surface area (Å²) in [6.45, 7) is 5.18. The van der Waals surface area contributed by atoms with Crippen molar-refractivity contribution in [2.45, 2.75) is 52.1 Å². The molecule has 0 aliphatic heterocycles. The fourth-order valence-electron chi connectivity index (χ4n) is 11.9. The van der Waals surface area contributed by atoms with E-state index in [1.807, 2.05) is 36.4 Å². The Hall–Kier alpha value is -13.7. The molecule has 7 aromatic heterocycles. The zero-order chi connectivity index (χ0) is 89.7. The van der Waals surface area contributed by atoms with E-state index >= 15 is 0 Å². The van der Waals surface area contributed by atoms with Crippen molar-refractivity contribution >= 4 is 95.0 Å². The van der Waals surface area contributed by atoms with Gasteiger partial charge in [-0.25, -0.2) is 57.2 Å². The van der Waals surface area contributed by atoms with Gasteiger partial charge in [0.25, 0.3) is 29.1 Å². The van der Waals surface area contributed by atoms with Crippen molar-refractivity contribution in [1.82, 2.24) is 60.1 Å². The number of thiazole rings is 3. The summed E-state index contributed by atoms with van der Waals surface area (Å²) in [5, 5.41) is 17.2. The summed E-state index contributed by atoms with van der Waals surface area (Å²) in [4.78, 5) is 99.6. The molecule has 0 bridgehead atoms. The highest BCUT2D eigenvalue weighted by molar-refractivity contribution is 9.10. The monoisotopic (exact) mass is 1890 g/mol. The Morgan fingerprint density at radius 2 is 0.817 bits per heavy atom. The molecule has 0 spiro atoms. The van der Waals surface area contributed by atoms with Crippen LogP contribution in [-0.2, 0) is 35.2 Å². The predicted molar refractivity (Wildman–Crippen MR) is 482 cm³/mol. The number of aromatic nitrogens is 11. The number of nitrogens with one attached hydrogen (secondary N) is 3. The topological polar surface area (TPSA) is 348 Å². The molecule has 0 atom stereocenters. The normalized spacial score (nSPS) is 10.8. The van der Waals surface area contributed by atoms with Crippen molar-refractivity contribution in [2.75, 3.05) is 60.3 Å². The number of hydrogen-bond donors (Lipinski definition) is 5. The molecule has 2 amide bonds. The largest absolute Gasteiger partial charge is 0.501 e. The number of H-pyrrole nitrogens is 1. The molecular weight excluding hydrogens is 1810 g/mol. The van der Waals surface area contributed by atoms with E-state index in [2.05, 4.69) is 87.3 Å². The first kappa shape index (κ1) is 91.5. The van der Waals surface area contributed by atoms with Gasteiger partial charge in [-0.2, -0.15) is 15.0 Å². The number of carbonyl (C=O) groups is 3. The van der Waals surface area contributed by atoms with Crippen LogP contribution in [0.2, 0.25) is 0 Å². The number of carbonyl (C=O) groups excluding carboxylic acids is 3. The lowest BCUT2D eigenvalue weighted by Crippen LogP contribution is -2.31. The molecule has 26 nitrogen and oxygen atoms in total. The van der Waals surface area contributed by atoms with Crippen molar-refractivity contribution < 1.29 is 70.2 Å². The molecule has 644 valence electrons. The minimum atomic E-state index is -0.646. The van der Waals surface area contributed by atoms with Crippen LogP contribution in [0.15, 0.2) is 226 Å². The number of anilines is 2. The fraction of sp³-hybridized carbons (Fsp3) is 0.165. The average molecular weight is 1890 g/mol. The quantitative estimate of drug-likeness (QED) is 0.0262. The van der Waals surface area contributed by atoms with Gasteiger partial charge in [-0.05, 0) is 164 Å². The van der Waals surface area contributed by atoms with Gasteiger partial charge in [-0.15, -0.1) is 34.0 Å². The molecule has 0 aliphatic carbocycles. The first-order valence-electron chi connectivity index (χ1n) is 38.1. The van der Waals surface area contributed by atoms with Crippen LogP contribution in [0, 0.1) is 23.3 Å². The molecule has 7 heterocycles. The Bertz CT molecular complexity index is 6360. The standard InChI is InChI=1S/C27H27FN4O4S.C22H19BrFN3O4.C22H17BrFN3O2S.C20H15FN4O2S/c1-27(2,3)36-26(33)30-19-12-8-17(9-13-19)23-31-21(22(34-4)24(32-23)35-5)25-29-15-20(37-25)14-16-6-10-18(28)11-7-16;1-30-19-18(21(29)25-12-17(28)11-13-3-9-16(24)10-4-13)26-20(27-22(19)31-2)14-5-7-15(23)8-6-14;1-28-19-18(22-25-12-17(30-22)11-13-3-9-16(24)10-4-13)26-20(27-21(19)29-2)14-5-7-15(23)8-6-14;21-13-5-1-11(2-6-13)9-15-10-23-20(28-15)16-17(26)19(27)25-18(24-16)12-3-7-14(22)8-4-12/h6-13,15H,14H2,1-5H3,(H,30,33);3-10H,11-12H2,1-2H3,(H,25,29);3-10,12H,11H2,1-2H3;1-8,10,26H,9,22H2,(H,24,25,27). The molecule has 6 N–H and O–H groups in total. The summed E-state index contributed by atoms with van der Waals surface area (Å²) in [6.07, 6.45) is 6.59. The molecule has 15 rings (SSSR count). The van der Waals surface area contributed by atoms with E-state index in [-0.39, 0.29) is 76.7 Å². The number of nitrogens with two attached hydrogens (primary N) is 1. The summed E-state index contributed by atoms with van der Waals surface area (Å²) in [7, 11) is 8.91. The third-order valence-corrected chi connectivity index (χ3v) is 22.0. The molecule has 35 heteroatoms. The Labute approximate surface area is 748 Å². The number of hydrogen-bond acceptors (Lipinski definition) is 26. The van der Waals surface area contributed by atoms with E-state index in [0.29, 0.717) is 114 Å². The number of amides is 2. The van der Waals surface area contributed by atoms with Gasteiger partial charge >= 0.3 is 6.09 Å². The number of nitrogen functional groups attached to an aromatic ring is 1. The Morgan fingerprint density at radius 1 is 0.452 bits per heavy atom. The number of methoxy groups -OCH3 is 6. The third-order valence-electron chi connectivity index (χ3n) is 17.9. The Balaban J connectivity index is 0.000000154. The second-order valence-electron chi connectivity index (χ2n) is 28.1. The summed E-state index contributed by atoms with van der Waals surface area (Å²) >= 11 is 11.1. The summed E-state index contributed by atoms with van der Waals surface area (Å²) < 4.78 is 92.2. The van der Waals surface area contributed by atoms with Crippen molar-refractivity contribution in [3.63, 3.8) is 0 Å². The Morgan fingerprint density at radius 3 is 1.21 bits per heavy atom. The van der Waals surface area contributed by atoms with Crippen molar-refractivity contribution in [3.05, 3.63) is 298 Å². The third kappa shape index (κ3) is 24.6. The number of halogens is 6. The van der Waals surface area contributed by atoms with E-state index in [0.717, 1.165) is 45.8 Å². The highest BCUT2D eigenvalue weighted by atomic mass is 79.9. The van der Waals surface area contributed by atoms with Gasteiger partial charge in [0.1, 0.15) is 66.8 Å². The Kier molecular flexibility index (Phi) is 30.9.